The molecule has 0 aliphatic carbocycles. The molecule has 2 saturated heterocycles. The third-order valence-electron chi connectivity index (χ3n) is 2.88. The van der Waals surface area contributed by atoms with Crippen molar-refractivity contribution in [1.29, 1.82) is 0 Å². The highest BCUT2D eigenvalue weighted by Crippen LogP contribution is 2.19. The number of nitrogens with one attached hydrogen (secondary N) is 1. The van der Waals surface area contributed by atoms with Crippen molar-refractivity contribution < 1.29 is 9.84 Å². The normalized spacial score (nSPS) is 36.5. The van der Waals surface area contributed by atoms with Crippen LogP contribution < -0.4 is 5.32 Å². The summed E-state index contributed by atoms with van der Waals surface area (Å²) in [5, 5.41) is 13.4. The van der Waals surface area contributed by atoms with Crippen LogP contribution in [-0.4, -0.2) is 61.5 Å². The maximum absolute atomic E-state index is 10.1. The molecule has 13 heavy (non-hydrogen) atoms. The number of β-amino-alcohol motifs (C(OH)–C–C–N with tert-alkyl or cyclic N) is 1. The molecule has 1 unspecified atom stereocenters. The minimum absolute atomic E-state index is 0.468. The fourth-order valence-electron chi connectivity index (χ4n) is 1.89. The number of likely N-dealkylation sites (N-methyl/N-ethyl adjacent to an activating group) is 1. The molecule has 0 aromatic heterocycles. The van der Waals surface area contributed by atoms with Crippen molar-refractivity contribution >= 4 is 0 Å². The predicted molar refractivity (Wildman–Crippen MR) is 49.7 cm³/mol. The first-order valence-corrected chi connectivity index (χ1v) is 4.90. The summed E-state index contributed by atoms with van der Waals surface area (Å²) in [5.41, 5.74) is -0.510. The molecule has 0 aromatic rings. The van der Waals surface area contributed by atoms with Crippen LogP contribution in [0.1, 0.15) is 6.42 Å². The Bertz CT molecular complexity index is 184. The van der Waals surface area contributed by atoms with Gasteiger partial charge in [0.25, 0.3) is 0 Å². The van der Waals surface area contributed by atoms with E-state index in [2.05, 4.69) is 10.2 Å². The Morgan fingerprint density at radius 2 is 2.38 bits per heavy atom. The number of hydrogen-bond donors (Lipinski definition) is 2. The van der Waals surface area contributed by atoms with Crippen LogP contribution in [-0.2, 0) is 4.74 Å². The van der Waals surface area contributed by atoms with Gasteiger partial charge in [-0.1, -0.05) is 0 Å². The number of ether oxygens (including phenoxy) is 1. The van der Waals surface area contributed by atoms with E-state index in [1.54, 1.807) is 0 Å². The first-order valence-electron chi connectivity index (χ1n) is 4.90. The number of nitrogens with zero attached hydrogens (tertiary/aromatic N) is 1. The van der Waals surface area contributed by atoms with E-state index in [1.807, 2.05) is 7.05 Å². The molecule has 2 aliphatic heterocycles. The van der Waals surface area contributed by atoms with Gasteiger partial charge in [0.15, 0.2) is 0 Å². The van der Waals surface area contributed by atoms with Gasteiger partial charge in [0.2, 0.25) is 0 Å². The van der Waals surface area contributed by atoms with Crippen molar-refractivity contribution in [3.05, 3.63) is 0 Å². The average molecular weight is 186 g/mol. The summed E-state index contributed by atoms with van der Waals surface area (Å²) in [4.78, 5) is 2.17. The highest BCUT2D eigenvalue weighted by Gasteiger charge is 2.35. The van der Waals surface area contributed by atoms with Crippen molar-refractivity contribution in [2.24, 2.45) is 0 Å². The second kappa shape index (κ2) is 3.53. The first kappa shape index (κ1) is 9.40. The third-order valence-corrected chi connectivity index (χ3v) is 2.88. The Labute approximate surface area is 78.9 Å². The molecule has 4 heteroatoms. The number of aliphatic hydroxyl groups is 1. The van der Waals surface area contributed by atoms with E-state index in [4.69, 9.17) is 4.74 Å². The van der Waals surface area contributed by atoms with Gasteiger partial charge < -0.3 is 20.1 Å². The van der Waals surface area contributed by atoms with E-state index in [0.717, 1.165) is 32.7 Å². The minimum atomic E-state index is -0.510. The highest BCUT2D eigenvalue weighted by atomic mass is 16.5. The molecule has 2 fully saturated rings. The molecule has 0 bridgehead atoms. The molecule has 4 nitrogen and oxygen atoms in total. The van der Waals surface area contributed by atoms with E-state index < -0.39 is 5.60 Å². The highest BCUT2D eigenvalue weighted by molar-refractivity contribution is 4.92. The molecule has 0 spiro atoms. The van der Waals surface area contributed by atoms with Gasteiger partial charge in [-0.3, -0.25) is 0 Å². The van der Waals surface area contributed by atoms with Crippen molar-refractivity contribution in [2.75, 3.05) is 39.9 Å². The zero-order valence-electron chi connectivity index (χ0n) is 8.12. The summed E-state index contributed by atoms with van der Waals surface area (Å²) in [6, 6.07) is 0.468. The molecule has 2 N–H and O–H groups in total. The van der Waals surface area contributed by atoms with Gasteiger partial charge in [-0.25, -0.2) is 0 Å². The maximum atomic E-state index is 10.1. The topological polar surface area (TPSA) is 44.7 Å². The Hall–Kier alpha value is -0.160. The van der Waals surface area contributed by atoms with Crippen LogP contribution in [0.15, 0.2) is 0 Å². The molecule has 0 saturated carbocycles. The largest absolute Gasteiger partial charge is 0.387 e. The lowest BCUT2D eigenvalue weighted by molar-refractivity contribution is -0.0213. The lowest BCUT2D eigenvalue weighted by atomic mass is 10.0. The second-order valence-corrected chi connectivity index (χ2v) is 4.33. The molecule has 2 rings (SSSR count). The van der Waals surface area contributed by atoms with Gasteiger partial charge in [-0.05, 0) is 13.5 Å². The monoisotopic (exact) mass is 186 g/mol. The summed E-state index contributed by atoms with van der Waals surface area (Å²) in [6.45, 7) is 4.08. The van der Waals surface area contributed by atoms with Crippen molar-refractivity contribution in [1.82, 2.24) is 10.2 Å². The molecular formula is C9H18N2O2. The summed E-state index contributed by atoms with van der Waals surface area (Å²) in [6.07, 6.45) is 0.879. The fourth-order valence-corrected chi connectivity index (χ4v) is 1.89. The standard InChI is InChI=1S/C9H18N2O2/c1-11-3-2-9(12,7-11)6-10-8-4-13-5-8/h8,10,12H,2-7H2,1H3. The van der Waals surface area contributed by atoms with E-state index in [9.17, 15) is 5.11 Å². The van der Waals surface area contributed by atoms with E-state index >= 15 is 0 Å². The third kappa shape index (κ3) is 2.20. The van der Waals surface area contributed by atoms with Crippen LogP contribution in [0.4, 0.5) is 0 Å². The van der Waals surface area contributed by atoms with Crippen LogP contribution in [0.25, 0.3) is 0 Å². The lowest BCUT2D eigenvalue weighted by Crippen LogP contribution is -2.52. The average Bonchev–Trinajstić information content (AvgIpc) is 2.28. The Morgan fingerprint density at radius 3 is 2.85 bits per heavy atom. The molecule has 2 aliphatic rings. The predicted octanol–water partition coefficient (Wildman–Crippen LogP) is -0.959. The van der Waals surface area contributed by atoms with Crippen LogP contribution >= 0.6 is 0 Å². The van der Waals surface area contributed by atoms with Gasteiger partial charge >= 0.3 is 0 Å². The van der Waals surface area contributed by atoms with E-state index in [0.29, 0.717) is 12.6 Å². The summed E-state index contributed by atoms with van der Waals surface area (Å²) >= 11 is 0. The Morgan fingerprint density at radius 1 is 1.62 bits per heavy atom. The van der Waals surface area contributed by atoms with Gasteiger partial charge in [-0.2, -0.15) is 0 Å². The SMILES string of the molecule is CN1CCC(O)(CNC2COC2)C1. The molecule has 2 heterocycles. The minimum Gasteiger partial charge on any atom is -0.387 e. The second-order valence-electron chi connectivity index (χ2n) is 4.33. The van der Waals surface area contributed by atoms with Crippen molar-refractivity contribution in [3.8, 4) is 0 Å². The van der Waals surface area contributed by atoms with Gasteiger partial charge in [-0.15, -0.1) is 0 Å². The van der Waals surface area contributed by atoms with Crippen LogP contribution in [0.5, 0.6) is 0 Å². The molecule has 0 radical (unpaired) electrons. The van der Waals surface area contributed by atoms with E-state index in [1.165, 1.54) is 0 Å². The van der Waals surface area contributed by atoms with Gasteiger partial charge in [0, 0.05) is 19.6 Å². The Kier molecular flexibility index (Phi) is 2.55. The molecule has 1 atom stereocenters. The summed E-state index contributed by atoms with van der Waals surface area (Å²) in [7, 11) is 2.05. The number of likely N-dealkylation sites (tertiary alicyclic amines) is 1. The maximum Gasteiger partial charge on any atom is 0.0909 e. The van der Waals surface area contributed by atoms with Crippen LogP contribution in [0.2, 0.25) is 0 Å². The first-order chi connectivity index (χ1) is 6.18. The Balaban J connectivity index is 1.73. The van der Waals surface area contributed by atoms with E-state index in [-0.39, 0.29) is 0 Å². The summed E-state index contributed by atoms with van der Waals surface area (Å²) < 4.78 is 5.05. The quantitative estimate of drug-likeness (QED) is 0.596. The molecular weight excluding hydrogens is 168 g/mol. The van der Waals surface area contributed by atoms with Gasteiger partial charge in [0.05, 0.1) is 24.9 Å². The van der Waals surface area contributed by atoms with Crippen LogP contribution in [0.3, 0.4) is 0 Å². The van der Waals surface area contributed by atoms with Crippen molar-refractivity contribution in [3.63, 3.8) is 0 Å². The zero-order valence-corrected chi connectivity index (χ0v) is 8.12. The number of hydrogen-bond acceptors (Lipinski definition) is 4. The molecule has 0 aromatic carbocycles. The summed E-state index contributed by atoms with van der Waals surface area (Å²) in [5.74, 6) is 0. The number of rotatable bonds is 3. The lowest BCUT2D eigenvalue weighted by Gasteiger charge is -2.31. The van der Waals surface area contributed by atoms with Crippen molar-refractivity contribution in [2.45, 2.75) is 18.1 Å². The smallest absolute Gasteiger partial charge is 0.0909 e. The fraction of sp³-hybridized carbons (Fsp3) is 1.00. The molecule has 76 valence electrons. The van der Waals surface area contributed by atoms with Crippen LogP contribution in [0, 0.1) is 0 Å². The zero-order chi connectivity index (χ0) is 9.31. The van der Waals surface area contributed by atoms with Gasteiger partial charge in [0.1, 0.15) is 0 Å². The molecule has 0 amide bonds.